The minimum atomic E-state index is -0.308. The minimum Gasteiger partial charge on any atom is -0.335 e. The molecule has 0 fully saturated rings. The standard InChI is InChI=1S/C17H17ClFNO/c1-11-9-14(7-8-16(11)19)17(21)20(3)12(2)13-5-4-6-15(18)10-13/h4-10,12H,1-3H3. The van der Waals surface area contributed by atoms with Gasteiger partial charge in [0, 0.05) is 17.6 Å². The van der Waals surface area contributed by atoms with Crippen LogP contribution in [0.15, 0.2) is 42.5 Å². The fourth-order valence-electron chi connectivity index (χ4n) is 2.15. The van der Waals surface area contributed by atoms with Crippen LogP contribution in [0.25, 0.3) is 0 Å². The number of amides is 1. The second-order valence-electron chi connectivity index (χ2n) is 5.11. The molecular formula is C17H17ClFNO. The normalized spacial score (nSPS) is 12.0. The first-order valence-electron chi connectivity index (χ1n) is 6.69. The van der Waals surface area contributed by atoms with Crippen molar-refractivity contribution in [2.75, 3.05) is 7.05 Å². The third-order valence-electron chi connectivity index (χ3n) is 3.64. The second kappa shape index (κ2) is 6.27. The summed E-state index contributed by atoms with van der Waals surface area (Å²) in [5, 5.41) is 0.637. The van der Waals surface area contributed by atoms with E-state index in [2.05, 4.69) is 0 Å². The Balaban J connectivity index is 2.24. The Bertz CT molecular complexity index is 672. The average molecular weight is 306 g/mol. The van der Waals surface area contributed by atoms with Crippen molar-refractivity contribution in [3.05, 3.63) is 70.0 Å². The van der Waals surface area contributed by atoms with Gasteiger partial charge in [0.15, 0.2) is 0 Å². The molecule has 1 atom stereocenters. The van der Waals surface area contributed by atoms with E-state index in [1.54, 1.807) is 31.0 Å². The number of nitrogens with zero attached hydrogens (tertiary/aromatic N) is 1. The minimum absolute atomic E-state index is 0.124. The van der Waals surface area contributed by atoms with Crippen LogP contribution in [-0.4, -0.2) is 17.9 Å². The first-order chi connectivity index (χ1) is 9.90. The topological polar surface area (TPSA) is 20.3 Å². The van der Waals surface area contributed by atoms with Gasteiger partial charge in [-0.15, -0.1) is 0 Å². The maximum atomic E-state index is 13.3. The SMILES string of the molecule is Cc1cc(C(=O)N(C)C(C)c2cccc(Cl)c2)ccc1F. The number of carbonyl (C=O) groups is 1. The molecule has 0 saturated heterocycles. The summed E-state index contributed by atoms with van der Waals surface area (Å²) >= 11 is 5.98. The van der Waals surface area contributed by atoms with Crippen LogP contribution in [0, 0.1) is 12.7 Å². The van der Waals surface area contributed by atoms with Crippen molar-refractivity contribution in [3.63, 3.8) is 0 Å². The van der Waals surface area contributed by atoms with E-state index in [1.165, 1.54) is 12.1 Å². The lowest BCUT2D eigenvalue weighted by Crippen LogP contribution is -2.29. The van der Waals surface area contributed by atoms with Crippen LogP contribution in [0.5, 0.6) is 0 Å². The van der Waals surface area contributed by atoms with Gasteiger partial charge in [0.25, 0.3) is 5.91 Å². The number of carbonyl (C=O) groups excluding carboxylic acids is 1. The second-order valence-corrected chi connectivity index (χ2v) is 5.55. The molecule has 0 aliphatic rings. The molecule has 2 rings (SSSR count). The first-order valence-corrected chi connectivity index (χ1v) is 7.06. The molecule has 0 heterocycles. The van der Waals surface area contributed by atoms with Crippen molar-refractivity contribution < 1.29 is 9.18 Å². The number of halogens is 2. The van der Waals surface area contributed by atoms with Crippen LogP contribution >= 0.6 is 11.6 Å². The number of rotatable bonds is 3. The van der Waals surface area contributed by atoms with E-state index in [0.717, 1.165) is 5.56 Å². The zero-order valence-corrected chi connectivity index (χ0v) is 13.0. The number of hydrogen-bond donors (Lipinski definition) is 0. The maximum Gasteiger partial charge on any atom is 0.254 e. The molecule has 4 heteroatoms. The monoisotopic (exact) mass is 305 g/mol. The molecule has 0 aliphatic carbocycles. The molecule has 2 aromatic rings. The third-order valence-corrected chi connectivity index (χ3v) is 3.87. The van der Waals surface area contributed by atoms with Crippen LogP contribution in [0.1, 0.15) is 34.5 Å². The lowest BCUT2D eigenvalue weighted by atomic mass is 10.1. The molecule has 0 aromatic heterocycles. The Labute approximate surface area is 129 Å². The van der Waals surface area contributed by atoms with Gasteiger partial charge >= 0.3 is 0 Å². The largest absolute Gasteiger partial charge is 0.335 e. The molecule has 110 valence electrons. The van der Waals surface area contributed by atoms with Gasteiger partial charge in [-0.25, -0.2) is 4.39 Å². The van der Waals surface area contributed by atoms with E-state index >= 15 is 0 Å². The van der Waals surface area contributed by atoms with Crippen LogP contribution in [0.3, 0.4) is 0 Å². The molecule has 0 aliphatic heterocycles. The molecule has 0 saturated carbocycles. The van der Waals surface area contributed by atoms with E-state index in [9.17, 15) is 9.18 Å². The van der Waals surface area contributed by atoms with Crippen LogP contribution in [0.4, 0.5) is 4.39 Å². The summed E-state index contributed by atoms with van der Waals surface area (Å²) < 4.78 is 13.3. The number of hydrogen-bond acceptors (Lipinski definition) is 1. The van der Waals surface area contributed by atoms with Gasteiger partial charge in [-0.3, -0.25) is 4.79 Å². The molecular weight excluding hydrogens is 289 g/mol. The summed E-state index contributed by atoms with van der Waals surface area (Å²) in [6, 6.07) is 11.7. The first kappa shape index (κ1) is 15.5. The van der Waals surface area contributed by atoms with Crippen molar-refractivity contribution in [3.8, 4) is 0 Å². The van der Waals surface area contributed by atoms with Crippen molar-refractivity contribution in [2.45, 2.75) is 19.9 Å². The lowest BCUT2D eigenvalue weighted by molar-refractivity contribution is 0.0742. The quantitative estimate of drug-likeness (QED) is 0.810. The fraction of sp³-hybridized carbons (Fsp3) is 0.235. The molecule has 0 spiro atoms. The van der Waals surface area contributed by atoms with Crippen molar-refractivity contribution in [1.82, 2.24) is 4.90 Å². The molecule has 21 heavy (non-hydrogen) atoms. The van der Waals surface area contributed by atoms with Crippen LogP contribution in [0.2, 0.25) is 5.02 Å². The molecule has 0 N–H and O–H groups in total. The summed E-state index contributed by atoms with van der Waals surface area (Å²) in [5.74, 6) is -0.456. The van der Waals surface area contributed by atoms with Gasteiger partial charge in [-0.2, -0.15) is 0 Å². The average Bonchev–Trinajstić information content (AvgIpc) is 2.47. The van der Waals surface area contributed by atoms with Crippen molar-refractivity contribution in [1.29, 1.82) is 0 Å². The Hall–Kier alpha value is -1.87. The Kier molecular flexibility index (Phi) is 4.63. The molecule has 1 unspecified atom stereocenters. The van der Waals surface area contributed by atoms with E-state index in [0.29, 0.717) is 16.1 Å². The predicted octanol–water partition coefficient (Wildman–Crippen LogP) is 4.62. The summed E-state index contributed by atoms with van der Waals surface area (Å²) in [6.07, 6.45) is 0. The van der Waals surface area contributed by atoms with Crippen molar-refractivity contribution in [2.24, 2.45) is 0 Å². The van der Waals surface area contributed by atoms with E-state index in [1.807, 2.05) is 25.1 Å². The Morgan fingerprint density at radius 3 is 2.57 bits per heavy atom. The zero-order valence-electron chi connectivity index (χ0n) is 12.2. The van der Waals surface area contributed by atoms with Gasteiger partial charge < -0.3 is 4.90 Å². The highest BCUT2D eigenvalue weighted by atomic mass is 35.5. The van der Waals surface area contributed by atoms with Gasteiger partial charge in [0.05, 0.1) is 6.04 Å². The van der Waals surface area contributed by atoms with Gasteiger partial charge in [0.1, 0.15) is 5.82 Å². The Morgan fingerprint density at radius 1 is 1.24 bits per heavy atom. The molecule has 2 nitrogen and oxygen atoms in total. The highest BCUT2D eigenvalue weighted by Crippen LogP contribution is 2.23. The van der Waals surface area contributed by atoms with E-state index < -0.39 is 0 Å². The summed E-state index contributed by atoms with van der Waals surface area (Å²) in [4.78, 5) is 14.1. The highest BCUT2D eigenvalue weighted by Gasteiger charge is 2.19. The predicted molar refractivity (Wildman–Crippen MR) is 83.1 cm³/mol. The smallest absolute Gasteiger partial charge is 0.254 e. The van der Waals surface area contributed by atoms with E-state index in [4.69, 9.17) is 11.6 Å². The summed E-state index contributed by atoms with van der Waals surface area (Å²) in [5.41, 5.74) is 1.90. The molecule has 1 amide bonds. The van der Waals surface area contributed by atoms with Crippen molar-refractivity contribution >= 4 is 17.5 Å². The number of benzene rings is 2. The van der Waals surface area contributed by atoms with Gasteiger partial charge in [-0.05, 0) is 55.3 Å². The zero-order chi connectivity index (χ0) is 15.6. The van der Waals surface area contributed by atoms with Crippen LogP contribution < -0.4 is 0 Å². The third kappa shape index (κ3) is 3.42. The van der Waals surface area contributed by atoms with Gasteiger partial charge in [-0.1, -0.05) is 23.7 Å². The summed E-state index contributed by atoms with van der Waals surface area (Å²) in [6.45, 7) is 3.58. The Morgan fingerprint density at radius 2 is 1.95 bits per heavy atom. The molecule has 0 radical (unpaired) electrons. The lowest BCUT2D eigenvalue weighted by Gasteiger charge is -2.25. The molecule has 2 aromatic carbocycles. The van der Waals surface area contributed by atoms with Crippen LogP contribution in [-0.2, 0) is 0 Å². The van der Waals surface area contributed by atoms with Gasteiger partial charge in [0.2, 0.25) is 0 Å². The highest BCUT2D eigenvalue weighted by molar-refractivity contribution is 6.30. The number of aryl methyl sites for hydroxylation is 1. The summed E-state index contributed by atoms with van der Waals surface area (Å²) in [7, 11) is 1.73. The molecule has 0 bridgehead atoms. The van der Waals surface area contributed by atoms with E-state index in [-0.39, 0.29) is 17.8 Å². The maximum absolute atomic E-state index is 13.3. The fourth-order valence-corrected chi connectivity index (χ4v) is 2.35.